The van der Waals surface area contributed by atoms with Crippen LogP contribution in [0.5, 0.6) is 0 Å². The number of benzene rings is 1. The van der Waals surface area contributed by atoms with Crippen LogP contribution in [0.25, 0.3) is 0 Å². The van der Waals surface area contributed by atoms with E-state index in [1.165, 1.54) is 11.4 Å². The molecule has 2 aliphatic rings. The Kier molecular flexibility index (Phi) is 6.23. The van der Waals surface area contributed by atoms with Gasteiger partial charge in [-0.3, -0.25) is 4.90 Å². The average molecular weight is 403 g/mol. The molecule has 1 N–H and O–H groups in total. The van der Waals surface area contributed by atoms with Crippen molar-refractivity contribution in [2.24, 2.45) is 0 Å². The molecule has 0 unspecified atom stereocenters. The van der Waals surface area contributed by atoms with Crippen LogP contribution in [0.15, 0.2) is 18.2 Å². The number of likely N-dealkylation sites (tertiary alicyclic amines) is 1. The van der Waals surface area contributed by atoms with Gasteiger partial charge in [0.2, 0.25) is 0 Å². The van der Waals surface area contributed by atoms with Gasteiger partial charge < -0.3 is 9.88 Å². The Balaban J connectivity index is 0.00000182. The molecular weight excluding hydrogens is 381 g/mol. The van der Waals surface area contributed by atoms with E-state index in [-0.39, 0.29) is 12.4 Å². The van der Waals surface area contributed by atoms with Gasteiger partial charge in [0, 0.05) is 35.6 Å². The van der Waals surface area contributed by atoms with Gasteiger partial charge in [-0.1, -0.05) is 23.2 Å². The first kappa shape index (κ1) is 18.9. The Morgan fingerprint density at radius 1 is 1.04 bits per heavy atom. The maximum Gasteiger partial charge on any atom is 0.147 e. The average Bonchev–Trinajstić information content (AvgIpc) is 2.99. The van der Waals surface area contributed by atoms with E-state index in [0.717, 1.165) is 57.9 Å². The van der Waals surface area contributed by atoms with Crippen LogP contribution in [0.1, 0.15) is 36.0 Å². The SMILES string of the molecule is Cl.Clc1cc(Cl)cc(CN2CCC(c3nnc4n3CCNC4)CC2)c1. The number of nitrogens with one attached hydrogen (secondary N) is 1. The molecule has 0 aliphatic carbocycles. The molecular formula is C17H22Cl3N5. The van der Waals surface area contributed by atoms with Crippen molar-refractivity contribution in [1.82, 2.24) is 25.0 Å². The summed E-state index contributed by atoms with van der Waals surface area (Å²) in [4.78, 5) is 2.47. The minimum absolute atomic E-state index is 0. The molecule has 25 heavy (non-hydrogen) atoms. The van der Waals surface area contributed by atoms with Gasteiger partial charge in [-0.25, -0.2) is 0 Å². The molecule has 2 aromatic rings. The highest BCUT2D eigenvalue weighted by molar-refractivity contribution is 6.34. The zero-order chi connectivity index (χ0) is 16.5. The number of aromatic nitrogens is 3. The largest absolute Gasteiger partial charge is 0.312 e. The van der Waals surface area contributed by atoms with Crippen LogP contribution in [0.2, 0.25) is 10.0 Å². The maximum absolute atomic E-state index is 6.10. The summed E-state index contributed by atoms with van der Waals surface area (Å²) in [6.45, 7) is 5.85. The van der Waals surface area contributed by atoms with Crippen LogP contribution in [0.3, 0.4) is 0 Å². The third-order valence-electron chi connectivity index (χ3n) is 4.93. The zero-order valence-electron chi connectivity index (χ0n) is 13.9. The van der Waals surface area contributed by atoms with E-state index in [1.807, 2.05) is 12.1 Å². The third-order valence-corrected chi connectivity index (χ3v) is 5.37. The monoisotopic (exact) mass is 401 g/mol. The van der Waals surface area contributed by atoms with Crippen LogP contribution in [-0.2, 0) is 19.6 Å². The van der Waals surface area contributed by atoms with Crippen LogP contribution < -0.4 is 5.32 Å². The maximum atomic E-state index is 6.10. The third kappa shape index (κ3) is 4.29. The number of piperidine rings is 1. The number of hydrogen-bond donors (Lipinski definition) is 1. The van der Waals surface area contributed by atoms with Crippen molar-refractivity contribution < 1.29 is 0 Å². The molecule has 0 saturated carbocycles. The number of nitrogens with zero attached hydrogens (tertiary/aromatic N) is 4. The number of rotatable bonds is 3. The summed E-state index contributed by atoms with van der Waals surface area (Å²) in [5.74, 6) is 2.77. The van der Waals surface area contributed by atoms with Gasteiger partial charge in [-0.15, -0.1) is 22.6 Å². The van der Waals surface area contributed by atoms with Crippen molar-refractivity contribution >= 4 is 35.6 Å². The molecule has 1 aromatic carbocycles. The summed E-state index contributed by atoms with van der Waals surface area (Å²) >= 11 is 12.2. The summed E-state index contributed by atoms with van der Waals surface area (Å²) in [5.41, 5.74) is 1.18. The van der Waals surface area contributed by atoms with Crippen molar-refractivity contribution in [1.29, 1.82) is 0 Å². The molecule has 1 aromatic heterocycles. The Bertz CT molecular complexity index is 705. The molecule has 0 bridgehead atoms. The van der Waals surface area contributed by atoms with Crippen LogP contribution in [0, 0.1) is 0 Å². The van der Waals surface area contributed by atoms with E-state index in [1.54, 1.807) is 6.07 Å². The van der Waals surface area contributed by atoms with E-state index in [4.69, 9.17) is 23.2 Å². The van der Waals surface area contributed by atoms with Crippen molar-refractivity contribution in [3.63, 3.8) is 0 Å². The molecule has 136 valence electrons. The fourth-order valence-corrected chi connectivity index (χ4v) is 4.30. The van der Waals surface area contributed by atoms with Gasteiger partial charge in [-0.05, 0) is 49.7 Å². The lowest BCUT2D eigenvalue weighted by Crippen LogP contribution is -2.34. The minimum atomic E-state index is 0. The predicted octanol–water partition coefficient (Wildman–Crippen LogP) is 3.49. The molecule has 0 spiro atoms. The van der Waals surface area contributed by atoms with Crippen molar-refractivity contribution in [2.75, 3.05) is 19.6 Å². The van der Waals surface area contributed by atoms with E-state index >= 15 is 0 Å². The van der Waals surface area contributed by atoms with Crippen molar-refractivity contribution in [3.8, 4) is 0 Å². The van der Waals surface area contributed by atoms with Crippen LogP contribution in [0.4, 0.5) is 0 Å². The van der Waals surface area contributed by atoms with E-state index < -0.39 is 0 Å². The van der Waals surface area contributed by atoms with E-state index in [2.05, 4.69) is 25.0 Å². The van der Waals surface area contributed by atoms with Gasteiger partial charge in [0.05, 0.1) is 6.54 Å². The van der Waals surface area contributed by atoms with Crippen molar-refractivity contribution in [3.05, 3.63) is 45.5 Å². The first-order chi connectivity index (χ1) is 11.7. The first-order valence-corrected chi connectivity index (χ1v) is 9.24. The highest BCUT2D eigenvalue weighted by atomic mass is 35.5. The highest BCUT2D eigenvalue weighted by Crippen LogP contribution is 2.29. The molecule has 5 nitrogen and oxygen atoms in total. The summed E-state index contributed by atoms with van der Waals surface area (Å²) in [7, 11) is 0. The van der Waals surface area contributed by atoms with Crippen LogP contribution >= 0.6 is 35.6 Å². The smallest absolute Gasteiger partial charge is 0.147 e. The topological polar surface area (TPSA) is 46.0 Å². The second-order valence-electron chi connectivity index (χ2n) is 6.63. The van der Waals surface area contributed by atoms with Crippen LogP contribution in [-0.4, -0.2) is 39.3 Å². The summed E-state index contributed by atoms with van der Waals surface area (Å²) in [6.07, 6.45) is 2.25. The Labute approximate surface area is 164 Å². The molecule has 3 heterocycles. The second kappa shape index (κ2) is 8.23. The predicted molar refractivity (Wildman–Crippen MR) is 103 cm³/mol. The number of hydrogen-bond acceptors (Lipinski definition) is 4. The molecule has 0 amide bonds. The molecule has 8 heteroatoms. The Hall–Kier alpha value is -0.850. The highest BCUT2D eigenvalue weighted by Gasteiger charge is 2.27. The Morgan fingerprint density at radius 2 is 1.76 bits per heavy atom. The lowest BCUT2D eigenvalue weighted by molar-refractivity contribution is 0.199. The normalized spacial score (nSPS) is 18.6. The minimum Gasteiger partial charge on any atom is -0.312 e. The summed E-state index contributed by atoms with van der Waals surface area (Å²) in [6, 6.07) is 5.78. The molecule has 1 saturated heterocycles. The lowest BCUT2D eigenvalue weighted by Gasteiger charge is -2.32. The fourth-order valence-electron chi connectivity index (χ4n) is 3.73. The van der Waals surface area contributed by atoms with E-state index in [0.29, 0.717) is 16.0 Å². The Morgan fingerprint density at radius 3 is 2.48 bits per heavy atom. The van der Waals surface area contributed by atoms with E-state index in [9.17, 15) is 0 Å². The number of fused-ring (bicyclic) bond motifs is 1. The number of halogens is 3. The summed E-state index contributed by atoms with van der Waals surface area (Å²) < 4.78 is 2.31. The van der Waals surface area contributed by atoms with Gasteiger partial charge >= 0.3 is 0 Å². The molecule has 2 aliphatic heterocycles. The fraction of sp³-hybridized carbons (Fsp3) is 0.529. The van der Waals surface area contributed by atoms with Gasteiger partial charge in [0.15, 0.2) is 0 Å². The summed E-state index contributed by atoms with van der Waals surface area (Å²) in [5, 5.41) is 13.6. The quantitative estimate of drug-likeness (QED) is 0.853. The molecule has 0 radical (unpaired) electrons. The molecule has 4 rings (SSSR count). The standard InChI is InChI=1S/C17H21Cl2N5.ClH/c18-14-7-12(8-15(19)9-14)11-23-4-1-13(2-5-23)17-22-21-16-10-20-3-6-24(16)17;/h7-9,13,20H,1-6,10-11H2;1H. The van der Waals surface area contributed by atoms with Gasteiger partial charge in [0.1, 0.15) is 11.6 Å². The molecule has 0 atom stereocenters. The lowest BCUT2D eigenvalue weighted by atomic mass is 9.95. The first-order valence-electron chi connectivity index (χ1n) is 8.49. The van der Waals surface area contributed by atoms with Gasteiger partial charge in [0.25, 0.3) is 0 Å². The second-order valence-corrected chi connectivity index (χ2v) is 7.50. The van der Waals surface area contributed by atoms with Gasteiger partial charge in [-0.2, -0.15) is 0 Å². The van der Waals surface area contributed by atoms with Crippen molar-refractivity contribution in [2.45, 2.75) is 38.4 Å². The zero-order valence-corrected chi connectivity index (χ0v) is 16.2. The molecule has 1 fully saturated rings.